The van der Waals surface area contributed by atoms with E-state index in [0.717, 1.165) is 12.8 Å². The second kappa shape index (κ2) is 13.3. The monoisotopic (exact) mass is 598 g/mol. The van der Waals surface area contributed by atoms with E-state index < -0.39 is 45.9 Å². The molecule has 1 saturated heterocycles. The molecule has 1 atom stereocenters. The molecule has 1 aliphatic heterocycles. The fraction of sp³-hybridized carbons (Fsp3) is 0.379. The van der Waals surface area contributed by atoms with E-state index in [-0.39, 0.29) is 16.5 Å². The van der Waals surface area contributed by atoms with Gasteiger partial charge in [-0.15, -0.1) is 0 Å². The standard InChI is InChI=1S/C29H35FN6O5S/c1-29(2,3)41-27(38)25(35-42(39,40)22-8-5-4-6-9-22)19-33-26(37)23-18-21(10-11-24(23)30)36-16-12-20(13-17-36)34-28-31-14-7-15-32-28/h4-11,14-15,18,20,25,35H,12-13,16-17,19H2,1-3H3,(H,33,37)(H,31,32,34). The summed E-state index contributed by atoms with van der Waals surface area (Å²) in [5, 5.41) is 5.80. The van der Waals surface area contributed by atoms with Gasteiger partial charge in [0.15, 0.2) is 0 Å². The number of rotatable bonds is 10. The zero-order valence-corrected chi connectivity index (χ0v) is 24.5. The molecule has 42 heavy (non-hydrogen) atoms. The molecule has 0 aliphatic carbocycles. The lowest BCUT2D eigenvalue weighted by molar-refractivity contribution is -0.156. The van der Waals surface area contributed by atoms with Crippen molar-refractivity contribution < 1.29 is 27.1 Å². The van der Waals surface area contributed by atoms with Crippen molar-refractivity contribution in [2.24, 2.45) is 0 Å². The van der Waals surface area contributed by atoms with E-state index in [2.05, 4.69) is 30.2 Å². The average Bonchev–Trinajstić information content (AvgIpc) is 2.96. The molecule has 3 N–H and O–H groups in total. The molecule has 11 nitrogen and oxygen atoms in total. The van der Waals surface area contributed by atoms with Gasteiger partial charge in [-0.3, -0.25) is 9.59 Å². The van der Waals surface area contributed by atoms with E-state index in [1.807, 2.05) is 0 Å². The van der Waals surface area contributed by atoms with Crippen molar-refractivity contribution in [3.05, 3.63) is 78.4 Å². The highest BCUT2D eigenvalue weighted by Crippen LogP contribution is 2.24. The first kappa shape index (κ1) is 30.8. The fourth-order valence-corrected chi connectivity index (χ4v) is 5.62. The summed E-state index contributed by atoms with van der Waals surface area (Å²) in [6, 6.07) is 12.3. The van der Waals surface area contributed by atoms with Gasteiger partial charge < -0.3 is 20.3 Å². The summed E-state index contributed by atoms with van der Waals surface area (Å²) in [5.74, 6) is -1.85. The number of sulfonamides is 1. The molecule has 0 spiro atoms. The second-order valence-corrected chi connectivity index (χ2v) is 12.6. The molecule has 13 heteroatoms. The number of ether oxygens (including phenoxy) is 1. The number of halogens is 1. The van der Waals surface area contributed by atoms with Gasteiger partial charge in [0, 0.05) is 43.8 Å². The molecule has 2 heterocycles. The number of nitrogens with zero attached hydrogens (tertiary/aromatic N) is 3. The summed E-state index contributed by atoms with van der Waals surface area (Å²) < 4.78 is 48.3. The maximum Gasteiger partial charge on any atom is 0.326 e. The van der Waals surface area contributed by atoms with Crippen LogP contribution in [0.4, 0.5) is 16.0 Å². The molecule has 1 fully saturated rings. The van der Waals surface area contributed by atoms with Gasteiger partial charge in [-0.1, -0.05) is 18.2 Å². The molecule has 0 radical (unpaired) electrons. The van der Waals surface area contributed by atoms with Crippen molar-refractivity contribution in [3.63, 3.8) is 0 Å². The molecule has 0 saturated carbocycles. The van der Waals surface area contributed by atoms with Crippen LogP contribution in [0.1, 0.15) is 44.0 Å². The normalized spacial score (nSPS) is 15.1. The molecule has 1 aliphatic rings. The summed E-state index contributed by atoms with van der Waals surface area (Å²) in [4.78, 5) is 36.4. The van der Waals surface area contributed by atoms with Gasteiger partial charge in [-0.2, -0.15) is 4.72 Å². The Morgan fingerprint density at radius 3 is 2.36 bits per heavy atom. The number of benzene rings is 2. The first-order valence-electron chi connectivity index (χ1n) is 13.6. The molecule has 4 rings (SSSR count). The number of carbonyl (C=O) groups is 2. The predicted octanol–water partition coefficient (Wildman–Crippen LogP) is 3.12. The van der Waals surface area contributed by atoms with Gasteiger partial charge >= 0.3 is 5.97 Å². The number of aromatic nitrogens is 2. The first-order chi connectivity index (χ1) is 19.9. The van der Waals surface area contributed by atoms with E-state index in [1.54, 1.807) is 63.5 Å². The van der Waals surface area contributed by atoms with Crippen LogP contribution in [0.15, 0.2) is 71.9 Å². The van der Waals surface area contributed by atoms with E-state index >= 15 is 0 Å². The van der Waals surface area contributed by atoms with Crippen LogP contribution < -0.4 is 20.3 Å². The van der Waals surface area contributed by atoms with Crippen LogP contribution in [-0.4, -0.2) is 67.6 Å². The third-order valence-electron chi connectivity index (χ3n) is 6.46. The van der Waals surface area contributed by atoms with Gasteiger partial charge in [-0.25, -0.2) is 22.8 Å². The molecular weight excluding hydrogens is 563 g/mol. The highest BCUT2D eigenvalue weighted by Gasteiger charge is 2.31. The zero-order valence-electron chi connectivity index (χ0n) is 23.7. The van der Waals surface area contributed by atoms with Crippen molar-refractivity contribution in [2.45, 2.75) is 56.2 Å². The van der Waals surface area contributed by atoms with Crippen LogP contribution >= 0.6 is 0 Å². The van der Waals surface area contributed by atoms with Crippen molar-refractivity contribution in [2.75, 3.05) is 29.9 Å². The molecule has 224 valence electrons. The number of piperidine rings is 1. The smallest absolute Gasteiger partial charge is 0.326 e. The minimum atomic E-state index is -4.12. The number of esters is 1. The largest absolute Gasteiger partial charge is 0.459 e. The third-order valence-corrected chi connectivity index (χ3v) is 7.95. The van der Waals surface area contributed by atoms with Gasteiger partial charge in [-0.05, 0) is 70.0 Å². The number of carbonyl (C=O) groups excluding carboxylic acids is 2. The first-order valence-corrected chi connectivity index (χ1v) is 15.1. The highest BCUT2D eigenvalue weighted by atomic mass is 32.2. The lowest BCUT2D eigenvalue weighted by atomic mass is 10.0. The minimum Gasteiger partial charge on any atom is -0.459 e. The van der Waals surface area contributed by atoms with Gasteiger partial charge in [0.1, 0.15) is 17.5 Å². The van der Waals surface area contributed by atoms with Gasteiger partial charge in [0.2, 0.25) is 16.0 Å². The maximum atomic E-state index is 14.8. The van der Waals surface area contributed by atoms with Gasteiger partial charge in [0.25, 0.3) is 5.91 Å². The lowest BCUT2D eigenvalue weighted by Gasteiger charge is -2.34. The zero-order chi connectivity index (χ0) is 30.3. The van der Waals surface area contributed by atoms with Crippen LogP contribution in [0.2, 0.25) is 0 Å². The number of anilines is 2. The molecule has 1 aromatic heterocycles. The number of amides is 1. The van der Waals surface area contributed by atoms with Crippen LogP contribution in [-0.2, 0) is 19.6 Å². The summed E-state index contributed by atoms with van der Waals surface area (Å²) >= 11 is 0. The minimum absolute atomic E-state index is 0.0566. The molecular formula is C29H35FN6O5S. The summed E-state index contributed by atoms with van der Waals surface area (Å²) in [6.07, 6.45) is 4.92. The molecule has 2 aromatic carbocycles. The average molecular weight is 599 g/mol. The summed E-state index contributed by atoms with van der Waals surface area (Å²) in [5.41, 5.74) is -0.460. The summed E-state index contributed by atoms with van der Waals surface area (Å²) in [7, 11) is -4.12. The Hall–Kier alpha value is -4.10. The fourth-order valence-electron chi connectivity index (χ4n) is 4.41. The Labute approximate surface area is 244 Å². The predicted molar refractivity (Wildman–Crippen MR) is 156 cm³/mol. The lowest BCUT2D eigenvalue weighted by Crippen LogP contribution is -2.50. The summed E-state index contributed by atoms with van der Waals surface area (Å²) in [6.45, 7) is 5.80. The van der Waals surface area contributed by atoms with E-state index in [9.17, 15) is 22.4 Å². The third kappa shape index (κ3) is 8.46. The van der Waals surface area contributed by atoms with E-state index in [4.69, 9.17) is 4.74 Å². The molecule has 1 unspecified atom stereocenters. The Morgan fingerprint density at radius 2 is 1.71 bits per heavy atom. The molecule has 3 aromatic rings. The topological polar surface area (TPSA) is 143 Å². The Kier molecular flexibility index (Phi) is 9.74. The number of hydrogen-bond donors (Lipinski definition) is 3. The maximum absolute atomic E-state index is 14.8. The van der Waals surface area contributed by atoms with Gasteiger partial charge in [0.05, 0.1) is 10.5 Å². The number of nitrogens with one attached hydrogen (secondary N) is 3. The van der Waals surface area contributed by atoms with Crippen molar-refractivity contribution >= 4 is 33.5 Å². The van der Waals surface area contributed by atoms with Crippen molar-refractivity contribution in [1.29, 1.82) is 0 Å². The SMILES string of the molecule is CC(C)(C)OC(=O)C(CNC(=O)c1cc(N2CCC(Nc3ncccn3)CC2)ccc1F)NS(=O)(=O)c1ccccc1. The quantitative estimate of drug-likeness (QED) is 0.300. The van der Waals surface area contributed by atoms with Crippen LogP contribution in [0.5, 0.6) is 0 Å². The highest BCUT2D eigenvalue weighted by molar-refractivity contribution is 7.89. The van der Waals surface area contributed by atoms with E-state index in [0.29, 0.717) is 24.7 Å². The number of hydrogen-bond acceptors (Lipinski definition) is 9. The Bertz CT molecular complexity index is 1480. The van der Waals surface area contributed by atoms with Crippen molar-refractivity contribution in [3.8, 4) is 0 Å². The van der Waals surface area contributed by atoms with Crippen LogP contribution in [0.3, 0.4) is 0 Å². The van der Waals surface area contributed by atoms with Crippen LogP contribution in [0, 0.1) is 5.82 Å². The molecule has 1 amide bonds. The van der Waals surface area contributed by atoms with Crippen LogP contribution in [0.25, 0.3) is 0 Å². The molecule has 0 bridgehead atoms. The van der Waals surface area contributed by atoms with Crippen molar-refractivity contribution in [1.82, 2.24) is 20.0 Å². The van der Waals surface area contributed by atoms with E-state index in [1.165, 1.54) is 24.3 Å². The Morgan fingerprint density at radius 1 is 1.05 bits per heavy atom. The second-order valence-electron chi connectivity index (χ2n) is 10.9. The Balaban J connectivity index is 1.42.